The van der Waals surface area contributed by atoms with Crippen molar-refractivity contribution in [1.82, 2.24) is 19.9 Å². The molecule has 0 aromatic carbocycles. The smallest absolute Gasteiger partial charge is 0.154 e. The monoisotopic (exact) mass is 222 g/mol. The molecule has 0 aliphatic heterocycles. The summed E-state index contributed by atoms with van der Waals surface area (Å²) >= 11 is 5.89. The molecule has 0 aliphatic rings. The van der Waals surface area contributed by atoms with Crippen LogP contribution in [-0.4, -0.2) is 19.9 Å². The number of nitrogens with two attached hydrogens (primary N) is 1. The van der Waals surface area contributed by atoms with Crippen molar-refractivity contribution in [2.75, 3.05) is 11.1 Å². The van der Waals surface area contributed by atoms with Crippen LogP contribution in [0.25, 0.3) is 0 Å². The van der Waals surface area contributed by atoms with Crippen LogP contribution >= 0.6 is 11.6 Å². The highest BCUT2D eigenvalue weighted by Gasteiger charge is 2.06. The zero-order chi connectivity index (χ0) is 10.7. The van der Waals surface area contributed by atoms with E-state index in [9.17, 15) is 0 Å². The van der Waals surface area contributed by atoms with Crippen molar-refractivity contribution in [2.24, 2.45) is 0 Å². The molecule has 0 amide bonds. The second-order valence-corrected chi connectivity index (χ2v) is 3.05. The van der Waals surface area contributed by atoms with Gasteiger partial charge in [-0.05, 0) is 0 Å². The van der Waals surface area contributed by atoms with E-state index in [0.29, 0.717) is 11.5 Å². The van der Waals surface area contributed by atoms with Crippen LogP contribution < -0.4 is 11.1 Å². The van der Waals surface area contributed by atoms with Crippen molar-refractivity contribution in [1.29, 1.82) is 0 Å². The quantitative estimate of drug-likeness (QED) is 0.795. The van der Waals surface area contributed by atoms with Gasteiger partial charge in [0.1, 0.15) is 23.5 Å². The Labute approximate surface area is 90.6 Å². The molecule has 0 spiro atoms. The Morgan fingerprint density at radius 2 is 1.87 bits per heavy atom. The molecule has 2 heterocycles. The van der Waals surface area contributed by atoms with E-state index in [1.54, 1.807) is 12.4 Å². The highest BCUT2D eigenvalue weighted by molar-refractivity contribution is 6.35. The van der Waals surface area contributed by atoms with E-state index < -0.39 is 0 Å². The van der Waals surface area contributed by atoms with Crippen LogP contribution in [0.1, 0.15) is 0 Å². The summed E-state index contributed by atoms with van der Waals surface area (Å²) in [7, 11) is 0. The number of nitrogen functional groups attached to an aromatic ring is 1. The lowest BCUT2D eigenvalue weighted by molar-refractivity contribution is 1.14. The highest BCUT2D eigenvalue weighted by atomic mass is 35.5. The van der Waals surface area contributed by atoms with Crippen molar-refractivity contribution in [3.63, 3.8) is 0 Å². The van der Waals surface area contributed by atoms with Crippen LogP contribution in [0.5, 0.6) is 0 Å². The van der Waals surface area contributed by atoms with Gasteiger partial charge in [0.2, 0.25) is 0 Å². The van der Waals surface area contributed by atoms with Gasteiger partial charge in [-0.2, -0.15) is 0 Å². The molecular weight excluding hydrogens is 216 g/mol. The lowest BCUT2D eigenvalue weighted by Gasteiger charge is -2.06. The van der Waals surface area contributed by atoms with E-state index in [4.69, 9.17) is 17.3 Å². The zero-order valence-electron chi connectivity index (χ0n) is 7.55. The Balaban J connectivity index is 2.29. The summed E-state index contributed by atoms with van der Waals surface area (Å²) in [5.41, 5.74) is 6.20. The number of rotatable bonds is 2. The molecule has 76 valence electrons. The number of anilines is 3. The van der Waals surface area contributed by atoms with Crippen molar-refractivity contribution >= 4 is 28.9 Å². The average molecular weight is 223 g/mol. The Hall–Kier alpha value is -1.95. The normalized spacial score (nSPS) is 9.93. The maximum atomic E-state index is 5.89. The highest BCUT2D eigenvalue weighted by Crippen LogP contribution is 2.25. The summed E-state index contributed by atoms with van der Waals surface area (Å²) in [5, 5.41) is 3.20. The predicted molar refractivity (Wildman–Crippen MR) is 56.8 cm³/mol. The lowest BCUT2D eigenvalue weighted by atomic mass is 10.4. The fourth-order valence-electron chi connectivity index (χ4n) is 0.971. The Bertz CT molecular complexity index is 460. The minimum atomic E-state index is 0.228. The van der Waals surface area contributed by atoms with E-state index in [0.717, 1.165) is 0 Å². The van der Waals surface area contributed by atoms with Crippen molar-refractivity contribution in [3.8, 4) is 0 Å². The molecule has 0 saturated carbocycles. The van der Waals surface area contributed by atoms with Crippen molar-refractivity contribution < 1.29 is 0 Å². The van der Waals surface area contributed by atoms with Crippen molar-refractivity contribution in [3.05, 3.63) is 30.1 Å². The fourth-order valence-corrected chi connectivity index (χ4v) is 1.12. The van der Waals surface area contributed by atoms with Crippen LogP contribution in [-0.2, 0) is 0 Å². The molecule has 0 aliphatic carbocycles. The Morgan fingerprint density at radius 1 is 1.13 bits per heavy atom. The van der Waals surface area contributed by atoms with Gasteiger partial charge in [0.25, 0.3) is 0 Å². The average Bonchev–Trinajstić information content (AvgIpc) is 2.26. The van der Waals surface area contributed by atoms with Crippen molar-refractivity contribution in [2.45, 2.75) is 0 Å². The third-order valence-electron chi connectivity index (χ3n) is 1.64. The molecule has 0 fully saturated rings. The number of nitrogens with zero attached hydrogens (tertiary/aromatic N) is 4. The van der Waals surface area contributed by atoms with Crippen LogP contribution in [0, 0.1) is 0 Å². The van der Waals surface area contributed by atoms with Gasteiger partial charge in [0.05, 0.1) is 18.1 Å². The molecule has 0 saturated heterocycles. The number of nitrogens with one attached hydrogen (secondary N) is 1. The molecule has 2 aromatic rings. The SMILES string of the molecule is Nc1ncnc(Nc2cncnc2)c1Cl. The van der Waals surface area contributed by atoms with E-state index in [2.05, 4.69) is 25.3 Å². The van der Waals surface area contributed by atoms with Gasteiger partial charge in [0, 0.05) is 0 Å². The first-order valence-electron chi connectivity index (χ1n) is 4.05. The molecule has 2 rings (SSSR count). The molecule has 7 heteroatoms. The molecule has 0 bridgehead atoms. The third-order valence-corrected chi connectivity index (χ3v) is 2.01. The molecule has 0 unspecified atom stereocenters. The molecule has 15 heavy (non-hydrogen) atoms. The number of halogens is 1. The fraction of sp³-hybridized carbons (Fsp3) is 0. The van der Waals surface area contributed by atoms with Gasteiger partial charge in [0.15, 0.2) is 5.82 Å². The van der Waals surface area contributed by atoms with E-state index in [-0.39, 0.29) is 10.8 Å². The minimum Gasteiger partial charge on any atom is -0.382 e. The topological polar surface area (TPSA) is 89.6 Å². The standard InChI is InChI=1S/C8H7ClN6/c9-6-7(10)13-4-14-8(6)15-5-1-11-3-12-2-5/h1-4H,(H3,10,13,14,15). The first-order chi connectivity index (χ1) is 7.27. The molecule has 3 N–H and O–H groups in total. The first kappa shape index (κ1) is 9.60. The van der Waals surface area contributed by atoms with Gasteiger partial charge in [-0.15, -0.1) is 0 Å². The summed E-state index contributed by atoms with van der Waals surface area (Å²) in [6.07, 6.45) is 5.96. The summed E-state index contributed by atoms with van der Waals surface area (Å²) in [4.78, 5) is 15.4. The van der Waals surface area contributed by atoms with Crippen LogP contribution in [0.4, 0.5) is 17.3 Å². The van der Waals surface area contributed by atoms with Gasteiger partial charge >= 0.3 is 0 Å². The molecule has 0 atom stereocenters. The summed E-state index contributed by atoms with van der Waals surface area (Å²) < 4.78 is 0. The van der Waals surface area contributed by atoms with Gasteiger partial charge in [-0.1, -0.05) is 11.6 Å². The lowest BCUT2D eigenvalue weighted by Crippen LogP contribution is -2.00. The first-order valence-corrected chi connectivity index (χ1v) is 4.43. The molecule has 2 aromatic heterocycles. The summed E-state index contributed by atoms with van der Waals surface area (Å²) in [6, 6.07) is 0. The van der Waals surface area contributed by atoms with E-state index in [1.807, 2.05) is 0 Å². The van der Waals surface area contributed by atoms with E-state index in [1.165, 1.54) is 12.7 Å². The number of hydrogen-bond donors (Lipinski definition) is 2. The maximum Gasteiger partial charge on any atom is 0.154 e. The Kier molecular flexibility index (Phi) is 2.59. The van der Waals surface area contributed by atoms with Crippen LogP contribution in [0.2, 0.25) is 5.02 Å². The van der Waals surface area contributed by atoms with Gasteiger partial charge in [-0.3, -0.25) is 0 Å². The van der Waals surface area contributed by atoms with Gasteiger partial charge < -0.3 is 11.1 Å². The predicted octanol–water partition coefficient (Wildman–Crippen LogP) is 1.25. The second-order valence-electron chi connectivity index (χ2n) is 2.67. The number of aromatic nitrogens is 4. The molecular formula is C8H7ClN6. The van der Waals surface area contributed by atoms with Gasteiger partial charge in [-0.25, -0.2) is 19.9 Å². The second kappa shape index (κ2) is 4.05. The molecule has 6 nitrogen and oxygen atoms in total. The maximum absolute atomic E-state index is 5.89. The Morgan fingerprint density at radius 3 is 2.60 bits per heavy atom. The van der Waals surface area contributed by atoms with Crippen LogP contribution in [0.3, 0.4) is 0 Å². The minimum absolute atomic E-state index is 0.228. The largest absolute Gasteiger partial charge is 0.382 e. The van der Waals surface area contributed by atoms with E-state index >= 15 is 0 Å². The van der Waals surface area contributed by atoms with Crippen LogP contribution in [0.15, 0.2) is 25.0 Å². The summed E-state index contributed by atoms with van der Waals surface area (Å²) in [5.74, 6) is 0.657. The summed E-state index contributed by atoms with van der Waals surface area (Å²) in [6.45, 7) is 0. The molecule has 0 radical (unpaired) electrons. The zero-order valence-corrected chi connectivity index (χ0v) is 8.31. The number of hydrogen-bond acceptors (Lipinski definition) is 6. The third kappa shape index (κ3) is 2.10.